The van der Waals surface area contributed by atoms with Gasteiger partial charge in [-0.2, -0.15) is 5.10 Å². The molecule has 0 unspecified atom stereocenters. The fourth-order valence-corrected chi connectivity index (χ4v) is 5.03. The maximum atomic E-state index is 13.9. The zero-order chi connectivity index (χ0) is 28.0. The van der Waals surface area contributed by atoms with Crippen LogP contribution >= 0.6 is 11.6 Å². The van der Waals surface area contributed by atoms with Crippen LogP contribution in [-0.2, 0) is 13.6 Å². The van der Waals surface area contributed by atoms with E-state index in [1.165, 1.54) is 0 Å². The molecule has 4 aromatic heterocycles. The topological polar surface area (TPSA) is 112 Å². The largest absolute Gasteiger partial charge is 0.495 e. The summed E-state index contributed by atoms with van der Waals surface area (Å²) in [6.07, 6.45) is 8.64. The van der Waals surface area contributed by atoms with E-state index in [0.29, 0.717) is 34.2 Å². The van der Waals surface area contributed by atoms with Crippen LogP contribution in [-0.4, -0.2) is 48.7 Å². The lowest BCUT2D eigenvalue weighted by molar-refractivity contribution is 0.0728. The van der Waals surface area contributed by atoms with Gasteiger partial charge in [0.15, 0.2) is 0 Å². The van der Waals surface area contributed by atoms with Crippen LogP contribution in [0.3, 0.4) is 0 Å². The maximum absolute atomic E-state index is 13.9. The number of aromatic nitrogens is 5. The lowest BCUT2D eigenvalue weighted by Gasteiger charge is -2.23. The van der Waals surface area contributed by atoms with Crippen LogP contribution in [0.1, 0.15) is 45.6 Å². The second-order valence-corrected chi connectivity index (χ2v) is 10.3. The van der Waals surface area contributed by atoms with Crippen molar-refractivity contribution in [2.45, 2.75) is 32.4 Å². The molecule has 1 aliphatic rings. The second kappa shape index (κ2) is 10.1. The van der Waals surface area contributed by atoms with Gasteiger partial charge in [0.1, 0.15) is 11.6 Å². The Kier molecular flexibility index (Phi) is 6.48. The highest BCUT2D eigenvalue weighted by atomic mass is 35.5. The van der Waals surface area contributed by atoms with Crippen molar-refractivity contribution < 1.29 is 9.53 Å². The molecule has 6 rings (SSSR count). The number of methoxy groups -OCH3 is 1. The van der Waals surface area contributed by atoms with Gasteiger partial charge in [-0.15, -0.1) is 0 Å². The van der Waals surface area contributed by atoms with Crippen LogP contribution in [0.5, 0.6) is 5.75 Å². The molecule has 1 saturated carbocycles. The molecule has 9 nitrogen and oxygen atoms in total. The molecule has 2 N–H and O–H groups in total. The molecule has 40 heavy (non-hydrogen) atoms. The Hall–Kier alpha value is -4.68. The summed E-state index contributed by atoms with van der Waals surface area (Å²) in [7, 11) is 3.43. The van der Waals surface area contributed by atoms with Gasteiger partial charge >= 0.3 is 0 Å². The van der Waals surface area contributed by atoms with Crippen molar-refractivity contribution in [2.24, 2.45) is 7.05 Å². The van der Waals surface area contributed by atoms with Gasteiger partial charge in [0, 0.05) is 42.0 Å². The first-order chi connectivity index (χ1) is 19.3. The van der Waals surface area contributed by atoms with Crippen molar-refractivity contribution >= 4 is 45.1 Å². The van der Waals surface area contributed by atoms with Crippen LogP contribution in [0.2, 0.25) is 5.02 Å². The molecule has 4 heterocycles. The number of nitrogen functional groups attached to an aromatic ring is 1. The summed E-state index contributed by atoms with van der Waals surface area (Å²) in [5.41, 5.74) is 11.3. The first-order valence-corrected chi connectivity index (χ1v) is 13.2. The van der Waals surface area contributed by atoms with Crippen molar-refractivity contribution in [3.05, 3.63) is 82.0 Å². The zero-order valence-corrected chi connectivity index (χ0v) is 23.0. The van der Waals surface area contributed by atoms with Crippen molar-refractivity contribution in [1.82, 2.24) is 29.6 Å². The van der Waals surface area contributed by atoms with E-state index in [2.05, 4.69) is 31.9 Å². The van der Waals surface area contributed by atoms with Gasteiger partial charge in [-0.3, -0.25) is 19.4 Å². The van der Waals surface area contributed by atoms with Crippen molar-refractivity contribution in [2.75, 3.05) is 12.8 Å². The minimum Gasteiger partial charge on any atom is -0.495 e. The van der Waals surface area contributed by atoms with Crippen molar-refractivity contribution in [1.29, 1.82) is 0 Å². The number of pyridine rings is 3. The highest BCUT2D eigenvalue weighted by Gasteiger charge is 2.34. The Morgan fingerprint density at radius 2 is 1.98 bits per heavy atom. The zero-order valence-electron chi connectivity index (χ0n) is 22.3. The SMILES string of the molecule is COc1cncc(C#Cc2cnc(CN(C(=O)c3cc4c(cc3Cl)nc(N)c3cnn(C)c34)C3CC3)cc2C)c1. The number of anilines is 1. The molecule has 5 aromatic rings. The van der Waals surface area contributed by atoms with Crippen molar-refractivity contribution in [3.63, 3.8) is 0 Å². The summed E-state index contributed by atoms with van der Waals surface area (Å²) in [5.74, 6) is 7.16. The van der Waals surface area contributed by atoms with Gasteiger partial charge in [-0.05, 0) is 49.6 Å². The van der Waals surface area contributed by atoms with Gasteiger partial charge in [-0.1, -0.05) is 23.4 Å². The van der Waals surface area contributed by atoms with Crippen molar-refractivity contribution in [3.8, 4) is 17.6 Å². The summed E-state index contributed by atoms with van der Waals surface area (Å²) < 4.78 is 6.95. The van der Waals surface area contributed by atoms with Gasteiger partial charge < -0.3 is 15.4 Å². The van der Waals surface area contributed by atoms with Crippen LogP contribution in [0, 0.1) is 18.8 Å². The number of carbonyl (C=O) groups is 1. The summed E-state index contributed by atoms with van der Waals surface area (Å²) in [6, 6.07) is 7.45. The summed E-state index contributed by atoms with van der Waals surface area (Å²) in [6.45, 7) is 2.35. The molecule has 200 valence electrons. The van der Waals surface area contributed by atoms with E-state index in [4.69, 9.17) is 22.1 Å². The van der Waals surface area contributed by atoms with Crippen LogP contribution in [0.4, 0.5) is 5.82 Å². The molecule has 10 heteroatoms. The molecule has 0 saturated heterocycles. The standard InChI is InChI=1S/C30H26ClN7O2/c1-17-8-20(34-13-19(17)5-4-18-9-22(40-3)14-33-12-18)16-38(21-6-7-21)30(39)23-10-24-27(11-26(23)31)36-29(32)25-15-35-37(2)28(24)25/h8-15,21H,6-7,16H2,1-3H3,(H2,32,36). The first kappa shape index (κ1) is 25.6. The van der Waals surface area contributed by atoms with Gasteiger partial charge in [0.05, 0.1) is 58.7 Å². The van der Waals surface area contributed by atoms with Gasteiger partial charge in [-0.25, -0.2) is 4.98 Å². The minimum atomic E-state index is -0.143. The predicted octanol–water partition coefficient (Wildman–Crippen LogP) is 4.67. The second-order valence-electron chi connectivity index (χ2n) is 9.89. The van der Waals surface area contributed by atoms with E-state index in [9.17, 15) is 4.79 Å². The fraction of sp³-hybridized carbons (Fsp3) is 0.233. The third kappa shape index (κ3) is 4.78. The lowest BCUT2D eigenvalue weighted by atomic mass is 10.1. The quantitative estimate of drug-likeness (QED) is 0.316. The number of hydrogen-bond acceptors (Lipinski definition) is 7. The number of nitrogens with zero attached hydrogens (tertiary/aromatic N) is 6. The highest BCUT2D eigenvalue weighted by molar-refractivity contribution is 6.35. The molecule has 0 bridgehead atoms. The number of fused-ring (bicyclic) bond motifs is 3. The summed E-state index contributed by atoms with van der Waals surface area (Å²) in [4.78, 5) is 29.0. The summed E-state index contributed by atoms with van der Waals surface area (Å²) >= 11 is 6.64. The normalized spacial score (nSPS) is 12.8. The number of halogens is 1. The molecular formula is C30H26ClN7O2. The molecule has 0 atom stereocenters. The van der Waals surface area contributed by atoms with E-state index < -0.39 is 0 Å². The van der Waals surface area contributed by atoms with E-state index >= 15 is 0 Å². The monoisotopic (exact) mass is 551 g/mol. The Morgan fingerprint density at radius 3 is 2.73 bits per heavy atom. The predicted molar refractivity (Wildman–Crippen MR) is 154 cm³/mol. The van der Waals surface area contributed by atoms with E-state index in [1.807, 2.05) is 31.0 Å². The average molecular weight is 552 g/mol. The number of aryl methyl sites for hydroxylation is 2. The van der Waals surface area contributed by atoms with Crippen LogP contribution in [0.25, 0.3) is 21.8 Å². The average Bonchev–Trinajstić information content (AvgIpc) is 3.71. The third-order valence-corrected chi connectivity index (χ3v) is 7.38. The molecule has 1 amide bonds. The minimum absolute atomic E-state index is 0.141. The number of benzene rings is 1. The molecule has 0 radical (unpaired) electrons. The smallest absolute Gasteiger partial charge is 0.255 e. The highest BCUT2D eigenvalue weighted by Crippen LogP contribution is 2.35. The molecule has 1 aromatic carbocycles. The van der Waals surface area contributed by atoms with Gasteiger partial charge in [0.2, 0.25) is 0 Å². The number of hydrogen-bond donors (Lipinski definition) is 1. The fourth-order valence-electron chi connectivity index (χ4n) is 4.80. The Bertz CT molecular complexity index is 1870. The first-order valence-electron chi connectivity index (χ1n) is 12.8. The maximum Gasteiger partial charge on any atom is 0.255 e. The lowest BCUT2D eigenvalue weighted by Crippen LogP contribution is -2.33. The number of nitrogens with two attached hydrogens (primary N) is 1. The molecular weight excluding hydrogens is 526 g/mol. The Balaban J connectivity index is 1.29. The Morgan fingerprint density at radius 1 is 1.15 bits per heavy atom. The number of rotatable bonds is 5. The van der Waals surface area contributed by atoms with Crippen LogP contribution in [0.15, 0.2) is 49.1 Å². The third-order valence-electron chi connectivity index (χ3n) is 7.07. The van der Waals surface area contributed by atoms with Crippen LogP contribution < -0.4 is 10.5 Å². The molecule has 0 spiro atoms. The molecule has 1 fully saturated rings. The van der Waals surface area contributed by atoms with Gasteiger partial charge in [0.25, 0.3) is 5.91 Å². The van der Waals surface area contributed by atoms with E-state index in [-0.39, 0.29) is 11.9 Å². The van der Waals surface area contributed by atoms with E-state index in [1.54, 1.807) is 48.7 Å². The molecule has 0 aliphatic heterocycles. The van der Waals surface area contributed by atoms with E-state index in [0.717, 1.165) is 51.5 Å². The Labute approximate surface area is 235 Å². The number of carbonyl (C=O) groups excluding carboxylic acids is 1. The number of amides is 1. The molecule has 1 aliphatic carbocycles. The number of ether oxygens (including phenoxy) is 1. The summed E-state index contributed by atoms with van der Waals surface area (Å²) in [5, 5.41) is 6.17.